The van der Waals surface area contributed by atoms with Crippen molar-refractivity contribution in [2.45, 2.75) is 52.0 Å². The Balaban J connectivity index is 2.08. The largest absolute Gasteiger partial charge is 0.416 e. The van der Waals surface area contributed by atoms with Crippen LogP contribution in [0, 0.1) is 6.92 Å². The molecule has 0 aliphatic heterocycles. The normalized spacial score (nSPS) is 12.6. The number of sulfonamides is 1. The predicted octanol–water partition coefficient (Wildman–Crippen LogP) is 4.94. The SMILES string of the molecule is Cc1cccc(CN(C(=O)CN(c2cccc(C(F)(F)F)c2)S(C)(=O)=O)C(Cc2ccccc2)C(=O)NC(C)C)c1. The second-order valence-electron chi connectivity index (χ2n) is 10.2. The lowest BCUT2D eigenvalue weighted by Gasteiger charge is -2.34. The first-order valence-corrected chi connectivity index (χ1v) is 14.8. The van der Waals surface area contributed by atoms with Gasteiger partial charge in [-0.25, -0.2) is 8.42 Å². The molecular formula is C30H34F3N3O4S. The van der Waals surface area contributed by atoms with E-state index >= 15 is 0 Å². The minimum absolute atomic E-state index is 0.0241. The van der Waals surface area contributed by atoms with E-state index in [2.05, 4.69) is 5.32 Å². The second-order valence-corrected chi connectivity index (χ2v) is 12.1. The van der Waals surface area contributed by atoms with E-state index in [-0.39, 0.29) is 24.7 Å². The molecule has 11 heteroatoms. The summed E-state index contributed by atoms with van der Waals surface area (Å²) in [6, 6.07) is 18.9. The fraction of sp³-hybridized carbons (Fsp3) is 0.333. The van der Waals surface area contributed by atoms with Gasteiger partial charge in [0.05, 0.1) is 17.5 Å². The summed E-state index contributed by atoms with van der Waals surface area (Å²) in [6.45, 7) is 4.62. The third-order valence-corrected chi connectivity index (χ3v) is 7.42. The summed E-state index contributed by atoms with van der Waals surface area (Å²) < 4.78 is 66.4. The Morgan fingerprint density at radius 3 is 2.12 bits per heavy atom. The minimum Gasteiger partial charge on any atom is -0.352 e. The number of alkyl halides is 3. The molecule has 3 aromatic carbocycles. The summed E-state index contributed by atoms with van der Waals surface area (Å²) in [5.41, 5.74) is 1.04. The molecular weight excluding hydrogens is 555 g/mol. The van der Waals surface area contributed by atoms with E-state index in [4.69, 9.17) is 0 Å². The number of aryl methyl sites for hydroxylation is 1. The number of amides is 2. The number of hydrogen-bond donors (Lipinski definition) is 1. The smallest absolute Gasteiger partial charge is 0.352 e. The molecule has 1 N–H and O–H groups in total. The zero-order valence-corrected chi connectivity index (χ0v) is 24.2. The maximum absolute atomic E-state index is 14.0. The van der Waals surface area contributed by atoms with E-state index in [1.54, 1.807) is 38.1 Å². The molecule has 0 fully saturated rings. The molecule has 0 aromatic heterocycles. The Morgan fingerprint density at radius 1 is 0.902 bits per heavy atom. The molecule has 1 unspecified atom stereocenters. The lowest BCUT2D eigenvalue weighted by molar-refractivity contribution is -0.140. The Bertz CT molecular complexity index is 1460. The van der Waals surface area contributed by atoms with Gasteiger partial charge >= 0.3 is 6.18 Å². The van der Waals surface area contributed by atoms with Crippen LogP contribution in [-0.2, 0) is 38.8 Å². The van der Waals surface area contributed by atoms with Crippen molar-refractivity contribution in [2.75, 3.05) is 17.1 Å². The van der Waals surface area contributed by atoms with Crippen LogP contribution < -0.4 is 9.62 Å². The Hall–Kier alpha value is -3.86. The van der Waals surface area contributed by atoms with E-state index in [1.807, 2.05) is 37.3 Å². The van der Waals surface area contributed by atoms with Crippen molar-refractivity contribution in [3.8, 4) is 0 Å². The van der Waals surface area contributed by atoms with Crippen LogP contribution >= 0.6 is 0 Å². The van der Waals surface area contributed by atoms with Gasteiger partial charge in [-0.2, -0.15) is 13.2 Å². The lowest BCUT2D eigenvalue weighted by atomic mass is 10.0. The lowest BCUT2D eigenvalue weighted by Crippen LogP contribution is -2.54. The van der Waals surface area contributed by atoms with E-state index in [0.717, 1.165) is 29.5 Å². The van der Waals surface area contributed by atoms with Gasteiger partial charge in [0, 0.05) is 19.0 Å². The summed E-state index contributed by atoms with van der Waals surface area (Å²) in [5, 5.41) is 2.85. The van der Waals surface area contributed by atoms with Crippen LogP contribution in [-0.4, -0.2) is 50.0 Å². The third kappa shape index (κ3) is 9.07. The summed E-state index contributed by atoms with van der Waals surface area (Å²) >= 11 is 0. The van der Waals surface area contributed by atoms with Gasteiger partial charge in [0.2, 0.25) is 21.8 Å². The zero-order chi connectivity index (χ0) is 30.4. The summed E-state index contributed by atoms with van der Waals surface area (Å²) in [6.07, 6.45) is -3.76. The topological polar surface area (TPSA) is 86.8 Å². The first kappa shape index (κ1) is 31.7. The number of hydrogen-bond acceptors (Lipinski definition) is 4. The van der Waals surface area contributed by atoms with E-state index < -0.39 is 46.2 Å². The predicted molar refractivity (Wildman–Crippen MR) is 153 cm³/mol. The van der Waals surface area contributed by atoms with Crippen LogP contribution in [0.15, 0.2) is 78.9 Å². The van der Waals surface area contributed by atoms with Crippen LogP contribution in [0.3, 0.4) is 0 Å². The number of carbonyl (C=O) groups excluding carboxylic acids is 2. The Kier molecular flexibility index (Phi) is 10.2. The molecule has 3 aromatic rings. The number of halogens is 3. The fourth-order valence-electron chi connectivity index (χ4n) is 4.39. The van der Waals surface area contributed by atoms with E-state index in [0.29, 0.717) is 15.9 Å². The molecule has 220 valence electrons. The first-order valence-electron chi connectivity index (χ1n) is 13.0. The van der Waals surface area contributed by atoms with Crippen molar-refractivity contribution in [1.29, 1.82) is 0 Å². The van der Waals surface area contributed by atoms with Crippen LogP contribution in [0.25, 0.3) is 0 Å². The molecule has 3 rings (SSSR count). The molecule has 0 saturated carbocycles. The van der Waals surface area contributed by atoms with Crippen LogP contribution in [0.4, 0.5) is 18.9 Å². The molecule has 2 amide bonds. The fourth-order valence-corrected chi connectivity index (χ4v) is 5.23. The zero-order valence-electron chi connectivity index (χ0n) is 23.4. The molecule has 7 nitrogen and oxygen atoms in total. The molecule has 1 atom stereocenters. The average Bonchev–Trinajstić information content (AvgIpc) is 2.88. The molecule has 0 heterocycles. The van der Waals surface area contributed by atoms with Crippen molar-refractivity contribution >= 4 is 27.5 Å². The first-order chi connectivity index (χ1) is 19.1. The number of benzene rings is 3. The number of nitrogens with one attached hydrogen (secondary N) is 1. The van der Waals surface area contributed by atoms with Gasteiger partial charge in [-0.05, 0) is 50.1 Å². The molecule has 0 radical (unpaired) electrons. The monoisotopic (exact) mass is 589 g/mol. The van der Waals surface area contributed by atoms with Gasteiger partial charge in [0.25, 0.3) is 0 Å². The quantitative estimate of drug-likeness (QED) is 0.343. The van der Waals surface area contributed by atoms with E-state index in [9.17, 15) is 31.2 Å². The maximum Gasteiger partial charge on any atom is 0.416 e. The Morgan fingerprint density at radius 2 is 1.54 bits per heavy atom. The van der Waals surface area contributed by atoms with Gasteiger partial charge in [-0.15, -0.1) is 0 Å². The van der Waals surface area contributed by atoms with Crippen LogP contribution in [0.5, 0.6) is 0 Å². The summed E-state index contributed by atoms with van der Waals surface area (Å²) in [5.74, 6) is -1.18. The van der Waals surface area contributed by atoms with Gasteiger partial charge in [0.15, 0.2) is 0 Å². The number of nitrogens with zero attached hydrogens (tertiary/aromatic N) is 2. The van der Waals surface area contributed by atoms with Crippen molar-refractivity contribution in [1.82, 2.24) is 10.2 Å². The number of rotatable bonds is 11. The molecule has 0 spiro atoms. The van der Waals surface area contributed by atoms with Crippen molar-refractivity contribution in [3.05, 3.63) is 101 Å². The number of anilines is 1. The molecule has 0 bridgehead atoms. The summed E-state index contributed by atoms with van der Waals surface area (Å²) in [4.78, 5) is 28.8. The van der Waals surface area contributed by atoms with Gasteiger partial charge in [-0.3, -0.25) is 13.9 Å². The molecule has 0 aliphatic rings. The highest BCUT2D eigenvalue weighted by atomic mass is 32.2. The molecule has 0 saturated heterocycles. The molecule has 41 heavy (non-hydrogen) atoms. The van der Waals surface area contributed by atoms with Gasteiger partial charge in [-0.1, -0.05) is 66.2 Å². The molecule has 0 aliphatic carbocycles. The second kappa shape index (κ2) is 13.2. The standard InChI is InChI=1S/C30H34F3N3O4S/c1-21(2)34-29(38)27(17-23-11-6-5-7-12-23)35(19-24-13-8-10-22(3)16-24)28(37)20-36(41(4,39)40)26-15-9-14-25(18-26)30(31,32)33/h5-16,18,21,27H,17,19-20H2,1-4H3,(H,34,38). The highest BCUT2D eigenvalue weighted by Crippen LogP contribution is 2.32. The van der Waals surface area contributed by atoms with Gasteiger partial charge < -0.3 is 10.2 Å². The third-order valence-electron chi connectivity index (χ3n) is 6.28. The minimum atomic E-state index is -4.71. The number of carbonyl (C=O) groups is 2. The van der Waals surface area contributed by atoms with E-state index in [1.165, 1.54) is 11.0 Å². The van der Waals surface area contributed by atoms with Crippen molar-refractivity contribution in [2.24, 2.45) is 0 Å². The highest BCUT2D eigenvalue weighted by molar-refractivity contribution is 7.92. The van der Waals surface area contributed by atoms with Crippen LogP contribution in [0.2, 0.25) is 0 Å². The Labute approximate surface area is 239 Å². The van der Waals surface area contributed by atoms with Crippen molar-refractivity contribution < 1.29 is 31.2 Å². The average molecular weight is 590 g/mol. The van der Waals surface area contributed by atoms with Crippen molar-refractivity contribution in [3.63, 3.8) is 0 Å². The maximum atomic E-state index is 14.0. The summed E-state index contributed by atoms with van der Waals surface area (Å²) in [7, 11) is -4.19. The highest BCUT2D eigenvalue weighted by Gasteiger charge is 2.35. The van der Waals surface area contributed by atoms with Gasteiger partial charge in [0.1, 0.15) is 12.6 Å². The van der Waals surface area contributed by atoms with Crippen LogP contribution in [0.1, 0.15) is 36.1 Å².